The number of carbonyl (C=O) groups excluding carboxylic acids is 1. The van der Waals surface area contributed by atoms with Gasteiger partial charge in [0.25, 0.3) is 0 Å². The van der Waals surface area contributed by atoms with Crippen molar-refractivity contribution in [3.63, 3.8) is 0 Å². The third kappa shape index (κ3) is 4.46. The SMILES string of the molecule is CC(=O)OCc1cc(Oc2ccc(C#N)cc2)ccc1I. The number of hydrogen-bond donors (Lipinski definition) is 0. The molecule has 0 aliphatic heterocycles. The van der Waals surface area contributed by atoms with Gasteiger partial charge in [-0.05, 0) is 65.1 Å². The molecular formula is C16H12INO3. The fourth-order valence-electron chi connectivity index (χ4n) is 1.64. The van der Waals surface area contributed by atoms with Gasteiger partial charge >= 0.3 is 5.97 Å². The smallest absolute Gasteiger partial charge is 0.302 e. The molecule has 0 atom stereocenters. The summed E-state index contributed by atoms with van der Waals surface area (Å²) in [5.41, 5.74) is 1.47. The quantitative estimate of drug-likeness (QED) is 0.582. The van der Waals surface area contributed by atoms with Crippen molar-refractivity contribution in [1.82, 2.24) is 0 Å². The first-order valence-electron chi connectivity index (χ1n) is 6.18. The van der Waals surface area contributed by atoms with E-state index in [4.69, 9.17) is 14.7 Å². The van der Waals surface area contributed by atoms with Gasteiger partial charge in [-0.2, -0.15) is 5.26 Å². The van der Waals surface area contributed by atoms with Crippen LogP contribution in [-0.2, 0) is 16.1 Å². The van der Waals surface area contributed by atoms with E-state index in [9.17, 15) is 4.79 Å². The Hall–Kier alpha value is -2.07. The molecule has 4 nitrogen and oxygen atoms in total. The molecule has 0 aromatic heterocycles. The van der Waals surface area contributed by atoms with Gasteiger partial charge in [0.15, 0.2) is 0 Å². The summed E-state index contributed by atoms with van der Waals surface area (Å²) in [4.78, 5) is 10.9. The van der Waals surface area contributed by atoms with E-state index in [-0.39, 0.29) is 12.6 Å². The molecule has 0 aliphatic rings. The van der Waals surface area contributed by atoms with Crippen LogP contribution in [0.4, 0.5) is 0 Å². The van der Waals surface area contributed by atoms with Gasteiger partial charge in [-0.15, -0.1) is 0 Å². The molecule has 21 heavy (non-hydrogen) atoms. The Kier molecular flexibility index (Phi) is 5.17. The van der Waals surface area contributed by atoms with Crippen LogP contribution in [0.2, 0.25) is 0 Å². The van der Waals surface area contributed by atoms with Crippen LogP contribution < -0.4 is 4.74 Å². The lowest BCUT2D eigenvalue weighted by atomic mass is 10.2. The molecule has 2 aromatic rings. The van der Waals surface area contributed by atoms with Crippen LogP contribution in [-0.4, -0.2) is 5.97 Å². The van der Waals surface area contributed by atoms with E-state index in [1.165, 1.54) is 6.92 Å². The molecule has 5 heteroatoms. The highest BCUT2D eigenvalue weighted by Crippen LogP contribution is 2.25. The number of halogens is 1. The number of nitriles is 1. The van der Waals surface area contributed by atoms with E-state index in [1.54, 1.807) is 24.3 Å². The summed E-state index contributed by atoms with van der Waals surface area (Å²) in [6, 6.07) is 14.5. The Balaban J connectivity index is 2.14. The molecule has 0 aliphatic carbocycles. The topological polar surface area (TPSA) is 59.3 Å². The summed E-state index contributed by atoms with van der Waals surface area (Å²) in [5.74, 6) is 0.986. The molecule has 106 valence electrons. The van der Waals surface area contributed by atoms with Gasteiger partial charge in [-0.1, -0.05) is 0 Å². The average molecular weight is 393 g/mol. The molecule has 0 saturated heterocycles. The first kappa shape index (κ1) is 15.3. The summed E-state index contributed by atoms with van der Waals surface area (Å²) >= 11 is 2.18. The number of esters is 1. The molecular weight excluding hydrogens is 381 g/mol. The van der Waals surface area contributed by atoms with Crippen LogP contribution in [0.15, 0.2) is 42.5 Å². The van der Waals surface area contributed by atoms with Crippen molar-refractivity contribution in [2.75, 3.05) is 0 Å². The minimum absolute atomic E-state index is 0.220. The van der Waals surface area contributed by atoms with Gasteiger partial charge in [0.1, 0.15) is 18.1 Å². The molecule has 0 amide bonds. The Morgan fingerprint density at radius 3 is 2.48 bits per heavy atom. The summed E-state index contributed by atoms with van der Waals surface area (Å²) in [6.45, 7) is 1.60. The standard InChI is InChI=1S/C16H12INO3/c1-11(19)20-10-13-8-15(6-7-16(13)17)21-14-4-2-12(9-18)3-5-14/h2-8H,10H2,1H3. The lowest BCUT2D eigenvalue weighted by Crippen LogP contribution is -2.00. The molecule has 0 radical (unpaired) electrons. The van der Waals surface area contributed by atoms with E-state index >= 15 is 0 Å². The summed E-state index contributed by atoms with van der Waals surface area (Å²) in [7, 11) is 0. The molecule has 2 aromatic carbocycles. The minimum atomic E-state index is -0.316. The fraction of sp³-hybridized carbons (Fsp3) is 0.125. The maximum atomic E-state index is 10.9. The van der Waals surface area contributed by atoms with Gasteiger partial charge in [0, 0.05) is 16.1 Å². The lowest BCUT2D eigenvalue weighted by Gasteiger charge is -2.09. The van der Waals surface area contributed by atoms with Crippen molar-refractivity contribution in [2.24, 2.45) is 0 Å². The highest BCUT2D eigenvalue weighted by atomic mass is 127. The third-order valence-electron chi connectivity index (χ3n) is 2.67. The molecule has 2 rings (SSSR count). The lowest BCUT2D eigenvalue weighted by molar-refractivity contribution is -0.142. The highest BCUT2D eigenvalue weighted by molar-refractivity contribution is 14.1. The zero-order chi connectivity index (χ0) is 15.2. The van der Waals surface area contributed by atoms with Gasteiger partial charge in [-0.25, -0.2) is 0 Å². The molecule has 0 N–H and O–H groups in total. The van der Waals surface area contributed by atoms with Gasteiger partial charge in [0.2, 0.25) is 0 Å². The van der Waals surface area contributed by atoms with Crippen molar-refractivity contribution in [3.05, 3.63) is 57.2 Å². The van der Waals surface area contributed by atoms with Crippen LogP contribution in [0.3, 0.4) is 0 Å². The van der Waals surface area contributed by atoms with Crippen molar-refractivity contribution < 1.29 is 14.3 Å². The fourth-order valence-corrected chi connectivity index (χ4v) is 2.13. The molecule has 0 heterocycles. The Morgan fingerprint density at radius 2 is 1.86 bits per heavy atom. The van der Waals surface area contributed by atoms with E-state index in [1.807, 2.05) is 18.2 Å². The minimum Gasteiger partial charge on any atom is -0.461 e. The number of ether oxygens (including phenoxy) is 2. The number of hydrogen-bond acceptors (Lipinski definition) is 4. The second kappa shape index (κ2) is 7.09. The largest absolute Gasteiger partial charge is 0.461 e. The Morgan fingerprint density at radius 1 is 1.19 bits per heavy atom. The number of carbonyl (C=O) groups is 1. The summed E-state index contributed by atoms with van der Waals surface area (Å²) in [6.07, 6.45) is 0. The van der Waals surface area contributed by atoms with Crippen LogP contribution in [0, 0.1) is 14.9 Å². The van der Waals surface area contributed by atoms with Gasteiger partial charge < -0.3 is 9.47 Å². The maximum Gasteiger partial charge on any atom is 0.302 e. The van der Waals surface area contributed by atoms with E-state index in [0.717, 1.165) is 9.13 Å². The van der Waals surface area contributed by atoms with Crippen molar-refractivity contribution in [1.29, 1.82) is 5.26 Å². The first-order chi connectivity index (χ1) is 10.1. The molecule has 0 saturated carbocycles. The second-order valence-corrected chi connectivity index (χ2v) is 5.43. The van der Waals surface area contributed by atoms with Crippen molar-refractivity contribution in [2.45, 2.75) is 13.5 Å². The normalized spacial score (nSPS) is 9.76. The second-order valence-electron chi connectivity index (χ2n) is 4.27. The molecule has 0 fully saturated rings. The average Bonchev–Trinajstić information content (AvgIpc) is 2.48. The van der Waals surface area contributed by atoms with Crippen LogP contribution >= 0.6 is 22.6 Å². The van der Waals surface area contributed by atoms with Crippen molar-refractivity contribution >= 4 is 28.6 Å². The van der Waals surface area contributed by atoms with Gasteiger partial charge in [0.05, 0.1) is 11.6 Å². The highest BCUT2D eigenvalue weighted by Gasteiger charge is 2.05. The van der Waals surface area contributed by atoms with Crippen LogP contribution in [0.5, 0.6) is 11.5 Å². The number of nitrogens with zero attached hydrogens (tertiary/aromatic N) is 1. The Bertz CT molecular complexity index is 690. The first-order valence-corrected chi connectivity index (χ1v) is 7.26. The Labute approximate surface area is 136 Å². The maximum absolute atomic E-state index is 10.9. The van der Waals surface area contributed by atoms with Crippen LogP contribution in [0.1, 0.15) is 18.1 Å². The van der Waals surface area contributed by atoms with Crippen LogP contribution in [0.25, 0.3) is 0 Å². The summed E-state index contributed by atoms with van der Waals surface area (Å²) < 4.78 is 11.7. The monoisotopic (exact) mass is 393 g/mol. The van der Waals surface area contributed by atoms with E-state index in [2.05, 4.69) is 28.7 Å². The van der Waals surface area contributed by atoms with E-state index < -0.39 is 0 Å². The molecule has 0 spiro atoms. The summed E-state index contributed by atoms with van der Waals surface area (Å²) in [5, 5.41) is 8.76. The zero-order valence-corrected chi connectivity index (χ0v) is 13.5. The number of rotatable bonds is 4. The van der Waals surface area contributed by atoms with Gasteiger partial charge in [-0.3, -0.25) is 4.79 Å². The zero-order valence-electron chi connectivity index (χ0n) is 11.3. The molecule has 0 bridgehead atoms. The third-order valence-corrected chi connectivity index (χ3v) is 3.72. The molecule has 0 unspecified atom stereocenters. The van der Waals surface area contributed by atoms with Crippen molar-refractivity contribution in [3.8, 4) is 17.6 Å². The number of benzene rings is 2. The predicted molar refractivity (Wildman–Crippen MR) is 85.9 cm³/mol. The van der Waals surface area contributed by atoms with E-state index in [0.29, 0.717) is 17.1 Å². The predicted octanol–water partition coefficient (Wildman–Crippen LogP) is 4.02.